The van der Waals surface area contributed by atoms with Crippen molar-refractivity contribution in [2.24, 2.45) is 5.92 Å². The number of hydrogen-bond acceptors (Lipinski definition) is 3. The highest BCUT2D eigenvalue weighted by Crippen LogP contribution is 2.32. The molecule has 1 N–H and O–H groups in total. The third-order valence-electron chi connectivity index (χ3n) is 5.13. The van der Waals surface area contributed by atoms with Crippen LogP contribution in [0.3, 0.4) is 0 Å². The number of morpholine rings is 1. The van der Waals surface area contributed by atoms with Crippen molar-refractivity contribution < 1.29 is 23.4 Å². The van der Waals surface area contributed by atoms with Crippen molar-refractivity contribution in [2.75, 3.05) is 19.8 Å². The minimum Gasteiger partial charge on any atom is -0.393 e. The lowest BCUT2D eigenvalue weighted by atomic mass is 9.93. The van der Waals surface area contributed by atoms with Gasteiger partial charge in [-0.3, -0.25) is 4.79 Å². The van der Waals surface area contributed by atoms with Gasteiger partial charge in [-0.2, -0.15) is 0 Å². The summed E-state index contributed by atoms with van der Waals surface area (Å²) in [7, 11) is 0. The number of amides is 1. The molecule has 1 aliphatic heterocycles. The van der Waals surface area contributed by atoms with Crippen molar-refractivity contribution >= 4 is 5.91 Å². The summed E-state index contributed by atoms with van der Waals surface area (Å²) in [5.41, 5.74) is 0.343. The van der Waals surface area contributed by atoms with E-state index in [1.54, 1.807) is 4.90 Å². The molecular weight excluding hydrogens is 316 g/mol. The van der Waals surface area contributed by atoms with E-state index in [9.17, 15) is 18.7 Å². The Labute approximate surface area is 140 Å². The lowest BCUT2D eigenvalue weighted by molar-refractivity contribution is -0.143. The fraction of sp³-hybridized carbons (Fsp3) is 0.611. The zero-order chi connectivity index (χ0) is 17.1. The van der Waals surface area contributed by atoms with Crippen LogP contribution in [0.15, 0.2) is 18.2 Å². The molecule has 24 heavy (non-hydrogen) atoms. The Morgan fingerprint density at radius 1 is 1.33 bits per heavy atom. The van der Waals surface area contributed by atoms with Crippen molar-refractivity contribution in [3.63, 3.8) is 0 Å². The molecule has 1 aliphatic carbocycles. The number of halogens is 2. The average molecular weight is 339 g/mol. The largest absolute Gasteiger partial charge is 0.393 e. The average Bonchev–Trinajstić information content (AvgIpc) is 2.99. The monoisotopic (exact) mass is 339 g/mol. The molecule has 3 rings (SSSR count). The van der Waals surface area contributed by atoms with Crippen LogP contribution in [0.25, 0.3) is 0 Å². The molecular formula is C18H23F2NO3. The Morgan fingerprint density at radius 2 is 2.17 bits per heavy atom. The van der Waals surface area contributed by atoms with Gasteiger partial charge in [0, 0.05) is 24.9 Å². The van der Waals surface area contributed by atoms with Gasteiger partial charge in [0.1, 0.15) is 11.6 Å². The second-order valence-electron chi connectivity index (χ2n) is 6.63. The lowest BCUT2D eigenvalue weighted by Gasteiger charge is -2.40. The highest BCUT2D eigenvalue weighted by molar-refractivity contribution is 5.77. The van der Waals surface area contributed by atoms with Crippen molar-refractivity contribution in [2.45, 2.75) is 44.2 Å². The smallest absolute Gasteiger partial charge is 0.223 e. The van der Waals surface area contributed by atoms with Gasteiger partial charge in [0.2, 0.25) is 5.91 Å². The molecule has 0 radical (unpaired) electrons. The molecule has 0 unspecified atom stereocenters. The molecule has 1 aromatic carbocycles. The fourth-order valence-electron chi connectivity index (χ4n) is 3.81. The number of aliphatic hydroxyl groups is 1. The van der Waals surface area contributed by atoms with E-state index >= 15 is 0 Å². The van der Waals surface area contributed by atoms with Gasteiger partial charge in [0.25, 0.3) is 0 Å². The number of aliphatic hydroxyl groups excluding tert-OH is 1. The number of ether oxygens (including phenoxy) is 1. The van der Waals surface area contributed by atoms with E-state index in [4.69, 9.17) is 4.74 Å². The Bertz CT molecular complexity index is 596. The summed E-state index contributed by atoms with van der Waals surface area (Å²) in [6, 6.07) is 3.32. The zero-order valence-corrected chi connectivity index (χ0v) is 13.6. The summed E-state index contributed by atoms with van der Waals surface area (Å²) in [5, 5.41) is 10.1. The quantitative estimate of drug-likeness (QED) is 0.916. The van der Waals surface area contributed by atoms with E-state index in [2.05, 4.69) is 0 Å². The maximum absolute atomic E-state index is 13.7. The maximum atomic E-state index is 13.7. The van der Waals surface area contributed by atoms with Gasteiger partial charge in [-0.25, -0.2) is 8.78 Å². The molecule has 1 heterocycles. The minimum atomic E-state index is -0.619. The molecule has 1 amide bonds. The van der Waals surface area contributed by atoms with Crippen LogP contribution in [0.2, 0.25) is 0 Å². The molecule has 2 fully saturated rings. The summed E-state index contributed by atoms with van der Waals surface area (Å²) in [5.74, 6) is -1.25. The molecule has 1 saturated carbocycles. The van der Waals surface area contributed by atoms with Crippen molar-refractivity contribution in [3.8, 4) is 0 Å². The molecule has 0 spiro atoms. The van der Waals surface area contributed by atoms with Gasteiger partial charge >= 0.3 is 0 Å². The minimum absolute atomic E-state index is 0.0526. The van der Waals surface area contributed by atoms with Crippen molar-refractivity contribution in [1.82, 2.24) is 4.90 Å². The van der Waals surface area contributed by atoms with Crippen LogP contribution >= 0.6 is 0 Å². The van der Waals surface area contributed by atoms with E-state index in [0.717, 1.165) is 25.3 Å². The normalized spacial score (nSPS) is 27.5. The van der Waals surface area contributed by atoms with E-state index in [1.165, 1.54) is 12.1 Å². The highest BCUT2D eigenvalue weighted by atomic mass is 19.1. The number of carbonyl (C=O) groups excluding carboxylic acids is 1. The zero-order valence-electron chi connectivity index (χ0n) is 13.6. The van der Waals surface area contributed by atoms with Gasteiger partial charge in [0.15, 0.2) is 0 Å². The SMILES string of the molecule is O=C(CCc1ccc(F)cc1F)N1CCOC[C@@H]1[C@H]1CCC[C@@H]1O. The summed E-state index contributed by atoms with van der Waals surface area (Å²) >= 11 is 0. The van der Waals surface area contributed by atoms with E-state index in [0.29, 0.717) is 25.3 Å². The molecule has 132 valence electrons. The molecule has 1 saturated heterocycles. The highest BCUT2D eigenvalue weighted by Gasteiger charge is 2.39. The first-order valence-corrected chi connectivity index (χ1v) is 8.55. The van der Waals surface area contributed by atoms with Crippen LogP contribution in [0, 0.1) is 17.6 Å². The van der Waals surface area contributed by atoms with E-state index in [-0.39, 0.29) is 36.8 Å². The first kappa shape index (κ1) is 17.3. The van der Waals surface area contributed by atoms with Gasteiger partial charge in [0.05, 0.1) is 25.4 Å². The second kappa shape index (κ2) is 7.57. The first-order chi connectivity index (χ1) is 11.6. The van der Waals surface area contributed by atoms with Gasteiger partial charge in [-0.1, -0.05) is 12.5 Å². The third kappa shape index (κ3) is 3.75. The van der Waals surface area contributed by atoms with Crippen molar-refractivity contribution in [3.05, 3.63) is 35.4 Å². The summed E-state index contributed by atoms with van der Waals surface area (Å²) < 4.78 is 32.2. The van der Waals surface area contributed by atoms with Gasteiger partial charge in [-0.05, 0) is 30.9 Å². The van der Waals surface area contributed by atoms with Crippen LogP contribution in [0.4, 0.5) is 8.78 Å². The first-order valence-electron chi connectivity index (χ1n) is 8.55. The number of rotatable bonds is 4. The maximum Gasteiger partial charge on any atom is 0.223 e. The summed E-state index contributed by atoms with van der Waals surface area (Å²) in [6.07, 6.45) is 2.65. The standard InChI is InChI=1S/C18H23F2NO3/c19-13-6-4-12(15(20)10-13)5-7-18(23)21-8-9-24-11-16(21)14-2-1-3-17(14)22/h4,6,10,14,16-17,22H,1-3,5,7-9,11H2/t14-,16-,17+/m1/s1. The summed E-state index contributed by atoms with van der Waals surface area (Å²) in [4.78, 5) is 14.4. The fourth-order valence-corrected chi connectivity index (χ4v) is 3.81. The predicted molar refractivity (Wildman–Crippen MR) is 84.3 cm³/mol. The van der Waals surface area contributed by atoms with Crippen LogP contribution in [-0.2, 0) is 16.0 Å². The Hall–Kier alpha value is -1.53. The molecule has 1 aromatic rings. The van der Waals surface area contributed by atoms with Crippen LogP contribution < -0.4 is 0 Å². The topological polar surface area (TPSA) is 49.8 Å². The van der Waals surface area contributed by atoms with Crippen LogP contribution in [-0.4, -0.2) is 47.8 Å². The van der Waals surface area contributed by atoms with Gasteiger partial charge in [-0.15, -0.1) is 0 Å². The number of aryl methyl sites for hydroxylation is 1. The molecule has 0 bridgehead atoms. The Balaban J connectivity index is 1.63. The number of carbonyl (C=O) groups is 1. The van der Waals surface area contributed by atoms with Crippen molar-refractivity contribution in [1.29, 1.82) is 0 Å². The molecule has 4 nitrogen and oxygen atoms in total. The Morgan fingerprint density at radius 3 is 2.88 bits per heavy atom. The number of benzene rings is 1. The molecule has 2 aliphatic rings. The third-order valence-corrected chi connectivity index (χ3v) is 5.13. The van der Waals surface area contributed by atoms with E-state index < -0.39 is 11.6 Å². The van der Waals surface area contributed by atoms with Gasteiger partial charge < -0.3 is 14.7 Å². The Kier molecular flexibility index (Phi) is 5.46. The lowest BCUT2D eigenvalue weighted by Crippen LogP contribution is -2.53. The second-order valence-corrected chi connectivity index (χ2v) is 6.63. The number of hydrogen-bond donors (Lipinski definition) is 1. The van der Waals surface area contributed by atoms with E-state index in [1.807, 2.05) is 0 Å². The van der Waals surface area contributed by atoms with Crippen LogP contribution in [0.1, 0.15) is 31.2 Å². The van der Waals surface area contributed by atoms with Crippen LogP contribution in [0.5, 0.6) is 0 Å². The molecule has 6 heteroatoms. The molecule has 3 atom stereocenters. The number of nitrogens with zero attached hydrogens (tertiary/aromatic N) is 1. The predicted octanol–water partition coefficient (Wildman–Crippen LogP) is 2.29. The molecule has 0 aromatic heterocycles. The summed E-state index contributed by atoms with van der Waals surface area (Å²) in [6.45, 7) is 1.42.